The molecule has 0 saturated heterocycles. The Balaban J connectivity index is 1.95. The lowest BCUT2D eigenvalue weighted by Crippen LogP contribution is -2.37. The van der Waals surface area contributed by atoms with Gasteiger partial charge in [0.25, 0.3) is 0 Å². The molecule has 0 atom stereocenters. The van der Waals surface area contributed by atoms with Crippen molar-refractivity contribution in [1.82, 2.24) is 4.98 Å². The summed E-state index contributed by atoms with van der Waals surface area (Å²) in [6.45, 7) is 2.92. The van der Waals surface area contributed by atoms with Gasteiger partial charge < -0.3 is 20.5 Å². The Kier molecular flexibility index (Phi) is 4.80. The predicted molar refractivity (Wildman–Crippen MR) is 85.7 cm³/mol. The molecule has 0 unspecified atom stereocenters. The zero-order chi connectivity index (χ0) is 16.9. The number of carboxylic acids is 1. The van der Waals surface area contributed by atoms with Crippen molar-refractivity contribution in [2.75, 3.05) is 10.6 Å². The number of ether oxygens (including phenoxy) is 1. The number of carboxylic acid groups (broad SMARTS) is 1. The number of hydrogen-bond acceptors (Lipinski definition) is 4. The molecular formula is C16H17N3O4. The number of benzene rings is 1. The van der Waals surface area contributed by atoms with E-state index in [1.165, 1.54) is 13.8 Å². The molecule has 2 aromatic rings. The van der Waals surface area contributed by atoms with E-state index in [0.29, 0.717) is 17.1 Å². The lowest BCUT2D eigenvalue weighted by molar-refractivity contribution is -0.152. The molecule has 120 valence electrons. The maximum atomic E-state index is 11.8. The van der Waals surface area contributed by atoms with Crippen molar-refractivity contribution in [3.63, 3.8) is 0 Å². The van der Waals surface area contributed by atoms with Crippen molar-refractivity contribution in [1.29, 1.82) is 0 Å². The van der Waals surface area contributed by atoms with Gasteiger partial charge in [-0.25, -0.2) is 9.59 Å². The van der Waals surface area contributed by atoms with Crippen LogP contribution in [-0.4, -0.2) is 27.7 Å². The van der Waals surface area contributed by atoms with Crippen LogP contribution in [0.1, 0.15) is 13.8 Å². The number of nitrogens with one attached hydrogen (secondary N) is 2. The summed E-state index contributed by atoms with van der Waals surface area (Å²) >= 11 is 0. The second-order valence-electron chi connectivity index (χ2n) is 5.26. The van der Waals surface area contributed by atoms with Gasteiger partial charge in [0.2, 0.25) is 0 Å². The SMILES string of the molecule is CC(C)(Oc1ccc(NC(=O)Nc2ccncc2)cc1)C(=O)O. The highest BCUT2D eigenvalue weighted by molar-refractivity contribution is 5.99. The van der Waals surface area contributed by atoms with Gasteiger partial charge in [-0.2, -0.15) is 0 Å². The fourth-order valence-corrected chi connectivity index (χ4v) is 1.67. The molecule has 7 nitrogen and oxygen atoms in total. The zero-order valence-corrected chi connectivity index (χ0v) is 12.7. The van der Waals surface area contributed by atoms with Crippen LogP contribution >= 0.6 is 0 Å². The van der Waals surface area contributed by atoms with Crippen LogP contribution in [0.4, 0.5) is 16.2 Å². The van der Waals surface area contributed by atoms with Gasteiger partial charge in [-0.15, -0.1) is 0 Å². The van der Waals surface area contributed by atoms with Crippen LogP contribution in [0.15, 0.2) is 48.8 Å². The van der Waals surface area contributed by atoms with E-state index in [4.69, 9.17) is 9.84 Å². The largest absolute Gasteiger partial charge is 0.478 e. The average molecular weight is 315 g/mol. The summed E-state index contributed by atoms with van der Waals surface area (Å²) in [6.07, 6.45) is 3.15. The van der Waals surface area contributed by atoms with Gasteiger partial charge in [0.05, 0.1) is 0 Å². The van der Waals surface area contributed by atoms with Crippen LogP contribution in [0, 0.1) is 0 Å². The number of amides is 2. The third kappa shape index (κ3) is 4.70. The van der Waals surface area contributed by atoms with Crippen molar-refractivity contribution in [3.05, 3.63) is 48.8 Å². The summed E-state index contributed by atoms with van der Waals surface area (Å²) in [5, 5.41) is 14.3. The van der Waals surface area contributed by atoms with Crippen molar-refractivity contribution >= 4 is 23.4 Å². The molecule has 2 amide bonds. The van der Waals surface area contributed by atoms with Gasteiger partial charge in [-0.05, 0) is 50.2 Å². The molecule has 3 N–H and O–H groups in total. The van der Waals surface area contributed by atoms with Crippen LogP contribution in [-0.2, 0) is 4.79 Å². The Morgan fingerprint density at radius 1 is 1.00 bits per heavy atom. The lowest BCUT2D eigenvalue weighted by atomic mass is 10.1. The Morgan fingerprint density at radius 3 is 2.04 bits per heavy atom. The first kappa shape index (κ1) is 16.3. The Bertz CT molecular complexity index is 684. The van der Waals surface area contributed by atoms with Gasteiger partial charge >= 0.3 is 12.0 Å². The third-order valence-corrected chi connectivity index (χ3v) is 2.94. The van der Waals surface area contributed by atoms with E-state index in [1.807, 2.05) is 0 Å². The quantitative estimate of drug-likeness (QED) is 0.787. The molecule has 7 heteroatoms. The van der Waals surface area contributed by atoms with Gasteiger partial charge in [0, 0.05) is 23.8 Å². The molecule has 0 bridgehead atoms. The number of anilines is 2. The summed E-state index contributed by atoms with van der Waals surface area (Å²) in [4.78, 5) is 26.7. The third-order valence-electron chi connectivity index (χ3n) is 2.94. The number of aliphatic carboxylic acids is 1. The van der Waals surface area contributed by atoms with E-state index in [2.05, 4.69) is 15.6 Å². The lowest BCUT2D eigenvalue weighted by Gasteiger charge is -2.21. The summed E-state index contributed by atoms with van der Waals surface area (Å²) < 4.78 is 5.38. The number of nitrogens with zero attached hydrogens (tertiary/aromatic N) is 1. The average Bonchev–Trinajstić information content (AvgIpc) is 2.50. The van der Waals surface area contributed by atoms with Gasteiger partial charge in [0.15, 0.2) is 5.60 Å². The van der Waals surface area contributed by atoms with Gasteiger partial charge in [-0.1, -0.05) is 0 Å². The monoisotopic (exact) mass is 315 g/mol. The van der Waals surface area contributed by atoms with E-state index >= 15 is 0 Å². The van der Waals surface area contributed by atoms with Gasteiger partial charge in [-0.3, -0.25) is 4.98 Å². The van der Waals surface area contributed by atoms with E-state index in [-0.39, 0.29) is 0 Å². The minimum atomic E-state index is -1.33. The topological polar surface area (TPSA) is 101 Å². The maximum Gasteiger partial charge on any atom is 0.347 e. The number of pyridine rings is 1. The van der Waals surface area contributed by atoms with E-state index in [9.17, 15) is 9.59 Å². The van der Waals surface area contributed by atoms with Gasteiger partial charge in [0.1, 0.15) is 5.75 Å². The Hall–Kier alpha value is -3.09. The molecule has 0 fully saturated rings. The smallest absolute Gasteiger partial charge is 0.347 e. The number of urea groups is 1. The molecule has 0 saturated carbocycles. The van der Waals surface area contributed by atoms with Crippen molar-refractivity contribution in [2.24, 2.45) is 0 Å². The summed E-state index contributed by atoms with van der Waals surface area (Å²) in [7, 11) is 0. The van der Waals surface area contributed by atoms with Crippen LogP contribution in [0.5, 0.6) is 5.75 Å². The summed E-state index contributed by atoms with van der Waals surface area (Å²) in [5.41, 5.74) is -0.147. The van der Waals surface area contributed by atoms with Crippen LogP contribution in [0.3, 0.4) is 0 Å². The van der Waals surface area contributed by atoms with Crippen molar-refractivity contribution in [3.8, 4) is 5.75 Å². The molecule has 0 aliphatic rings. The Morgan fingerprint density at radius 2 is 1.52 bits per heavy atom. The normalized spacial score (nSPS) is 10.7. The summed E-state index contributed by atoms with van der Waals surface area (Å²) in [6, 6.07) is 9.38. The molecule has 2 rings (SSSR count). The molecule has 1 heterocycles. The fourth-order valence-electron chi connectivity index (χ4n) is 1.67. The van der Waals surface area contributed by atoms with Crippen LogP contribution in [0.2, 0.25) is 0 Å². The number of hydrogen-bond donors (Lipinski definition) is 3. The number of aromatic nitrogens is 1. The molecule has 0 spiro atoms. The van der Waals surface area contributed by atoms with Crippen molar-refractivity contribution in [2.45, 2.75) is 19.4 Å². The highest BCUT2D eigenvalue weighted by atomic mass is 16.5. The van der Waals surface area contributed by atoms with E-state index in [0.717, 1.165) is 0 Å². The molecule has 0 aliphatic carbocycles. The number of carbonyl (C=O) groups is 2. The number of carbonyl (C=O) groups excluding carboxylic acids is 1. The Labute approximate surface area is 133 Å². The minimum Gasteiger partial charge on any atom is -0.478 e. The molecular weight excluding hydrogens is 298 g/mol. The van der Waals surface area contributed by atoms with E-state index in [1.54, 1.807) is 48.8 Å². The molecule has 0 radical (unpaired) electrons. The fraction of sp³-hybridized carbons (Fsp3) is 0.188. The zero-order valence-electron chi connectivity index (χ0n) is 12.7. The molecule has 23 heavy (non-hydrogen) atoms. The first-order chi connectivity index (χ1) is 10.9. The first-order valence-corrected chi connectivity index (χ1v) is 6.87. The predicted octanol–water partition coefficient (Wildman–Crippen LogP) is 2.97. The summed E-state index contributed by atoms with van der Waals surface area (Å²) in [5.74, 6) is -0.658. The van der Waals surface area contributed by atoms with Crippen LogP contribution in [0.25, 0.3) is 0 Å². The van der Waals surface area contributed by atoms with E-state index < -0.39 is 17.6 Å². The second kappa shape index (κ2) is 6.78. The van der Waals surface area contributed by atoms with Crippen molar-refractivity contribution < 1.29 is 19.4 Å². The highest BCUT2D eigenvalue weighted by Gasteiger charge is 2.29. The number of rotatable bonds is 5. The second-order valence-corrected chi connectivity index (χ2v) is 5.26. The maximum absolute atomic E-state index is 11.8. The molecule has 1 aromatic carbocycles. The molecule has 0 aliphatic heterocycles. The molecule has 1 aromatic heterocycles. The van der Waals surface area contributed by atoms with Crippen LogP contribution < -0.4 is 15.4 Å². The first-order valence-electron chi connectivity index (χ1n) is 6.87. The minimum absolute atomic E-state index is 0.393. The highest BCUT2D eigenvalue weighted by Crippen LogP contribution is 2.21. The standard InChI is InChI=1S/C16H17N3O4/c1-16(2,14(20)21)23-13-5-3-11(4-6-13)18-15(22)19-12-7-9-17-10-8-12/h3-10H,1-2H3,(H,20,21)(H2,17,18,19,22).